The Morgan fingerprint density at radius 3 is 2.87 bits per heavy atom. The average Bonchev–Trinajstić information content (AvgIpc) is 2.65. The van der Waals surface area contributed by atoms with Crippen molar-refractivity contribution >= 4 is 5.97 Å². The van der Waals surface area contributed by atoms with Crippen molar-refractivity contribution in [3.05, 3.63) is 36.2 Å². The van der Waals surface area contributed by atoms with Gasteiger partial charge in [0, 0.05) is 0 Å². The molecule has 0 unspecified atom stereocenters. The Kier molecular flexibility index (Phi) is 2.13. The molecule has 2 aromatic rings. The van der Waals surface area contributed by atoms with Crippen molar-refractivity contribution in [1.29, 1.82) is 0 Å². The third-order valence-electron chi connectivity index (χ3n) is 1.92. The molecule has 0 spiro atoms. The van der Waals surface area contributed by atoms with Crippen LogP contribution >= 0.6 is 0 Å². The van der Waals surface area contributed by atoms with Crippen LogP contribution in [0.4, 0.5) is 0 Å². The van der Waals surface area contributed by atoms with E-state index in [4.69, 9.17) is 5.11 Å². The molecular weight excluding hydrogens is 198 g/mol. The second kappa shape index (κ2) is 3.45. The van der Waals surface area contributed by atoms with E-state index >= 15 is 0 Å². The van der Waals surface area contributed by atoms with Gasteiger partial charge in [0.1, 0.15) is 5.75 Å². The normalized spacial score (nSPS) is 10.1. The molecule has 0 amide bonds. The van der Waals surface area contributed by atoms with E-state index in [1.165, 1.54) is 18.3 Å². The van der Waals surface area contributed by atoms with E-state index in [0.29, 0.717) is 11.1 Å². The molecular formula is C10H7NO4. The minimum atomic E-state index is -1.19. The van der Waals surface area contributed by atoms with E-state index < -0.39 is 5.97 Å². The van der Waals surface area contributed by atoms with E-state index in [1.54, 1.807) is 12.1 Å². The summed E-state index contributed by atoms with van der Waals surface area (Å²) in [7, 11) is 0. The van der Waals surface area contributed by atoms with Crippen LogP contribution in [0.1, 0.15) is 10.6 Å². The molecule has 0 aliphatic heterocycles. The van der Waals surface area contributed by atoms with E-state index in [9.17, 15) is 9.90 Å². The van der Waals surface area contributed by atoms with Gasteiger partial charge in [0.25, 0.3) is 5.76 Å². The van der Waals surface area contributed by atoms with Crippen LogP contribution in [0.5, 0.6) is 5.75 Å². The molecule has 1 aromatic carbocycles. The fourth-order valence-electron chi connectivity index (χ4n) is 1.27. The van der Waals surface area contributed by atoms with Gasteiger partial charge in [-0.15, -0.1) is 0 Å². The van der Waals surface area contributed by atoms with Crippen molar-refractivity contribution in [2.24, 2.45) is 0 Å². The first-order valence-corrected chi connectivity index (χ1v) is 4.16. The molecule has 1 heterocycles. The van der Waals surface area contributed by atoms with Crippen molar-refractivity contribution in [1.82, 2.24) is 5.16 Å². The number of phenols is 1. The average molecular weight is 205 g/mol. The molecule has 0 fully saturated rings. The maximum absolute atomic E-state index is 10.7. The van der Waals surface area contributed by atoms with Crippen LogP contribution in [-0.4, -0.2) is 21.3 Å². The fourth-order valence-corrected chi connectivity index (χ4v) is 1.27. The van der Waals surface area contributed by atoms with Gasteiger partial charge in [0.15, 0.2) is 0 Å². The third kappa shape index (κ3) is 1.67. The number of aromatic hydroxyl groups is 1. The molecule has 2 N–H and O–H groups in total. The van der Waals surface area contributed by atoms with Crippen molar-refractivity contribution in [2.75, 3.05) is 0 Å². The Hall–Kier alpha value is -2.30. The van der Waals surface area contributed by atoms with E-state index in [0.717, 1.165) is 0 Å². The summed E-state index contributed by atoms with van der Waals surface area (Å²) < 4.78 is 4.59. The molecule has 1 aromatic heterocycles. The van der Waals surface area contributed by atoms with Crippen LogP contribution in [0.25, 0.3) is 11.1 Å². The number of hydrogen-bond donors (Lipinski definition) is 2. The van der Waals surface area contributed by atoms with Gasteiger partial charge in [0.05, 0.1) is 11.8 Å². The SMILES string of the molecule is O=C(O)c1oncc1-c1cccc(O)c1. The number of rotatable bonds is 2. The van der Waals surface area contributed by atoms with Gasteiger partial charge in [-0.2, -0.15) is 0 Å². The monoisotopic (exact) mass is 205 g/mol. The quantitative estimate of drug-likeness (QED) is 0.780. The summed E-state index contributed by atoms with van der Waals surface area (Å²) >= 11 is 0. The lowest BCUT2D eigenvalue weighted by atomic mass is 10.1. The molecule has 5 nitrogen and oxygen atoms in total. The van der Waals surface area contributed by atoms with E-state index in [2.05, 4.69) is 9.68 Å². The zero-order valence-corrected chi connectivity index (χ0v) is 7.54. The lowest BCUT2D eigenvalue weighted by Gasteiger charge is -1.98. The first kappa shape index (κ1) is 9.26. The summed E-state index contributed by atoms with van der Waals surface area (Å²) in [6.45, 7) is 0. The first-order valence-electron chi connectivity index (χ1n) is 4.16. The Morgan fingerprint density at radius 2 is 2.20 bits per heavy atom. The van der Waals surface area contributed by atoms with Crippen molar-refractivity contribution in [2.45, 2.75) is 0 Å². The minimum Gasteiger partial charge on any atom is -0.508 e. The highest BCUT2D eigenvalue weighted by molar-refractivity contribution is 5.92. The lowest BCUT2D eigenvalue weighted by molar-refractivity contribution is 0.0653. The Labute approximate surface area is 84.6 Å². The number of carbonyl (C=O) groups is 1. The summed E-state index contributed by atoms with van der Waals surface area (Å²) in [6.07, 6.45) is 1.30. The van der Waals surface area contributed by atoms with E-state index in [1.807, 2.05) is 0 Å². The number of hydrogen-bond acceptors (Lipinski definition) is 4. The maximum atomic E-state index is 10.7. The predicted molar refractivity (Wildman–Crippen MR) is 50.6 cm³/mol. The maximum Gasteiger partial charge on any atom is 0.375 e. The number of benzene rings is 1. The van der Waals surface area contributed by atoms with Gasteiger partial charge in [-0.25, -0.2) is 4.79 Å². The lowest BCUT2D eigenvalue weighted by Crippen LogP contribution is -1.95. The number of nitrogens with zero attached hydrogens (tertiary/aromatic N) is 1. The molecule has 0 saturated heterocycles. The van der Waals surface area contributed by atoms with E-state index in [-0.39, 0.29) is 11.5 Å². The van der Waals surface area contributed by atoms with Crippen LogP contribution < -0.4 is 0 Å². The molecule has 0 atom stereocenters. The highest BCUT2D eigenvalue weighted by Gasteiger charge is 2.17. The van der Waals surface area contributed by atoms with Gasteiger partial charge in [-0.1, -0.05) is 17.3 Å². The number of carboxylic acid groups (broad SMARTS) is 1. The number of phenolic OH excluding ortho intramolecular Hbond substituents is 1. The highest BCUT2D eigenvalue weighted by Crippen LogP contribution is 2.26. The first-order chi connectivity index (χ1) is 7.18. The van der Waals surface area contributed by atoms with Gasteiger partial charge < -0.3 is 14.7 Å². The van der Waals surface area contributed by atoms with Crippen LogP contribution in [0, 0.1) is 0 Å². The summed E-state index contributed by atoms with van der Waals surface area (Å²) in [5.74, 6) is -1.36. The van der Waals surface area contributed by atoms with Crippen LogP contribution in [0.15, 0.2) is 35.0 Å². The summed E-state index contributed by atoms with van der Waals surface area (Å²) in [4.78, 5) is 10.7. The molecule has 15 heavy (non-hydrogen) atoms. The van der Waals surface area contributed by atoms with Gasteiger partial charge in [-0.05, 0) is 17.7 Å². The molecule has 76 valence electrons. The molecule has 0 aliphatic carbocycles. The molecule has 0 aliphatic rings. The summed E-state index contributed by atoms with van der Waals surface area (Å²) in [5.41, 5.74) is 0.895. The smallest absolute Gasteiger partial charge is 0.375 e. The Morgan fingerprint density at radius 1 is 1.40 bits per heavy atom. The Balaban J connectivity index is 2.54. The summed E-state index contributed by atoms with van der Waals surface area (Å²) in [5, 5.41) is 21.4. The Bertz CT molecular complexity index is 504. The largest absolute Gasteiger partial charge is 0.508 e. The molecule has 0 bridgehead atoms. The molecule has 0 radical (unpaired) electrons. The van der Waals surface area contributed by atoms with Crippen LogP contribution in [-0.2, 0) is 0 Å². The second-order valence-electron chi connectivity index (χ2n) is 2.92. The molecule has 5 heteroatoms. The molecule has 2 rings (SSSR count). The van der Waals surface area contributed by atoms with Gasteiger partial charge in [-0.3, -0.25) is 0 Å². The van der Waals surface area contributed by atoms with Gasteiger partial charge in [0.2, 0.25) is 0 Å². The second-order valence-corrected chi connectivity index (χ2v) is 2.92. The highest BCUT2D eigenvalue weighted by atomic mass is 16.5. The van der Waals surface area contributed by atoms with Crippen molar-refractivity contribution < 1.29 is 19.5 Å². The minimum absolute atomic E-state index is 0.0602. The third-order valence-corrected chi connectivity index (χ3v) is 1.92. The van der Waals surface area contributed by atoms with Crippen LogP contribution in [0.2, 0.25) is 0 Å². The van der Waals surface area contributed by atoms with Crippen molar-refractivity contribution in [3.8, 4) is 16.9 Å². The zero-order valence-electron chi connectivity index (χ0n) is 7.54. The standard InChI is InChI=1S/C10H7NO4/c12-7-3-1-2-6(4-7)8-5-11-15-9(8)10(13)14/h1-5,12H,(H,13,14). The molecule has 0 saturated carbocycles. The fraction of sp³-hybridized carbons (Fsp3) is 0. The number of aromatic nitrogens is 1. The predicted octanol–water partition coefficient (Wildman–Crippen LogP) is 1.75. The topological polar surface area (TPSA) is 83.6 Å². The van der Waals surface area contributed by atoms with Gasteiger partial charge >= 0.3 is 5.97 Å². The number of aromatic carboxylic acids is 1. The number of carboxylic acids is 1. The zero-order chi connectivity index (χ0) is 10.8. The van der Waals surface area contributed by atoms with Crippen LogP contribution in [0.3, 0.4) is 0 Å². The summed E-state index contributed by atoms with van der Waals surface area (Å²) in [6, 6.07) is 6.22. The van der Waals surface area contributed by atoms with Crippen molar-refractivity contribution in [3.63, 3.8) is 0 Å².